The maximum absolute atomic E-state index is 10.9. The number of aldehydes is 1. The molecule has 0 spiro atoms. The zero-order chi connectivity index (χ0) is 9.40. The summed E-state index contributed by atoms with van der Waals surface area (Å²) in [7, 11) is 1.29. The molecule has 0 bridgehead atoms. The van der Waals surface area contributed by atoms with Crippen LogP contribution < -0.4 is 0 Å². The van der Waals surface area contributed by atoms with Crippen molar-refractivity contribution in [2.24, 2.45) is 0 Å². The number of hydrogen-bond donors (Lipinski definition) is 0. The molecule has 0 N–H and O–H groups in total. The summed E-state index contributed by atoms with van der Waals surface area (Å²) in [6.07, 6.45) is 3.77. The third-order valence-corrected chi connectivity index (χ3v) is 1.29. The first-order valence-corrected chi connectivity index (χ1v) is 3.64. The highest BCUT2D eigenvalue weighted by molar-refractivity contribution is 5.71. The van der Waals surface area contributed by atoms with Crippen molar-refractivity contribution in [3.05, 3.63) is 12.2 Å². The second kappa shape index (κ2) is 6.39. The fraction of sp³-hybridized carbons (Fsp3) is 0.500. The summed E-state index contributed by atoms with van der Waals surface area (Å²) < 4.78 is 4.46. The van der Waals surface area contributed by atoms with E-state index in [4.69, 9.17) is 0 Å². The Morgan fingerprint density at radius 3 is 2.58 bits per heavy atom. The lowest BCUT2D eigenvalue weighted by Gasteiger charge is -2.15. The van der Waals surface area contributed by atoms with E-state index in [1.165, 1.54) is 12.0 Å². The van der Waals surface area contributed by atoms with Gasteiger partial charge in [0.25, 0.3) is 0 Å². The molecule has 12 heavy (non-hydrogen) atoms. The number of carbonyl (C=O) groups is 2. The van der Waals surface area contributed by atoms with Gasteiger partial charge >= 0.3 is 6.09 Å². The van der Waals surface area contributed by atoms with Crippen LogP contribution in [0.4, 0.5) is 4.79 Å². The predicted molar refractivity (Wildman–Crippen MR) is 44.9 cm³/mol. The molecule has 0 fully saturated rings. The molecule has 0 aliphatic rings. The van der Waals surface area contributed by atoms with Gasteiger partial charge in [0.1, 0.15) is 6.29 Å². The summed E-state index contributed by atoms with van der Waals surface area (Å²) in [5.41, 5.74) is 0. The minimum atomic E-state index is -0.486. The number of carbonyl (C=O) groups excluding carboxylic acids is 2. The Kier molecular flexibility index (Phi) is 5.69. The minimum absolute atomic E-state index is 0.0665. The molecule has 0 aromatic rings. The van der Waals surface area contributed by atoms with E-state index in [9.17, 15) is 9.59 Å². The van der Waals surface area contributed by atoms with Crippen molar-refractivity contribution >= 4 is 12.4 Å². The second-order valence-electron chi connectivity index (χ2n) is 2.11. The van der Waals surface area contributed by atoms with Gasteiger partial charge in [-0.05, 0) is 6.92 Å². The molecule has 68 valence electrons. The molecule has 0 heterocycles. The zero-order valence-corrected chi connectivity index (χ0v) is 7.32. The van der Waals surface area contributed by atoms with Crippen LogP contribution in [0.25, 0.3) is 0 Å². The van der Waals surface area contributed by atoms with Crippen LogP contribution in [-0.2, 0) is 9.53 Å². The molecule has 0 atom stereocenters. The van der Waals surface area contributed by atoms with Crippen LogP contribution >= 0.6 is 0 Å². The number of nitrogens with zero attached hydrogens (tertiary/aromatic N) is 1. The number of ether oxygens (including phenoxy) is 1. The van der Waals surface area contributed by atoms with E-state index in [1.54, 1.807) is 12.2 Å². The van der Waals surface area contributed by atoms with Gasteiger partial charge < -0.3 is 9.53 Å². The largest absolute Gasteiger partial charge is 0.453 e. The van der Waals surface area contributed by atoms with E-state index in [1.807, 2.05) is 6.92 Å². The first-order chi connectivity index (χ1) is 5.76. The molecule has 0 unspecified atom stereocenters. The molecule has 0 saturated heterocycles. The average molecular weight is 171 g/mol. The van der Waals surface area contributed by atoms with Crippen molar-refractivity contribution < 1.29 is 14.3 Å². The SMILES string of the molecule is CC=CCN(CC=O)C(=O)OC. The standard InChI is InChI=1S/C8H13NO3/c1-3-4-5-9(6-7-10)8(11)12-2/h3-4,7H,5-6H2,1-2H3. The zero-order valence-electron chi connectivity index (χ0n) is 7.32. The molecular weight excluding hydrogens is 158 g/mol. The van der Waals surface area contributed by atoms with Crippen molar-refractivity contribution in [1.29, 1.82) is 0 Å². The van der Waals surface area contributed by atoms with Gasteiger partial charge in [-0.25, -0.2) is 4.79 Å². The Labute approximate surface area is 71.8 Å². The lowest BCUT2D eigenvalue weighted by atomic mass is 10.4. The molecule has 0 aromatic carbocycles. The highest BCUT2D eigenvalue weighted by atomic mass is 16.5. The average Bonchev–Trinajstić information content (AvgIpc) is 2.11. The Bertz CT molecular complexity index is 177. The van der Waals surface area contributed by atoms with Crippen LogP contribution in [0, 0.1) is 0 Å². The Morgan fingerprint density at radius 1 is 1.50 bits per heavy atom. The summed E-state index contributed by atoms with van der Waals surface area (Å²) in [6, 6.07) is 0. The Balaban J connectivity index is 4.01. The third kappa shape index (κ3) is 3.75. The van der Waals surface area contributed by atoms with Crippen molar-refractivity contribution in [2.45, 2.75) is 6.92 Å². The van der Waals surface area contributed by atoms with Crippen molar-refractivity contribution in [1.82, 2.24) is 4.90 Å². The molecule has 4 heteroatoms. The topological polar surface area (TPSA) is 46.6 Å². The number of hydrogen-bond acceptors (Lipinski definition) is 3. The summed E-state index contributed by atoms with van der Waals surface area (Å²) in [5, 5.41) is 0. The van der Waals surface area contributed by atoms with Gasteiger partial charge in [0.05, 0.1) is 13.7 Å². The van der Waals surface area contributed by atoms with Crippen LogP contribution in [0.2, 0.25) is 0 Å². The Hall–Kier alpha value is -1.32. The highest BCUT2D eigenvalue weighted by Crippen LogP contribution is 1.91. The lowest BCUT2D eigenvalue weighted by molar-refractivity contribution is -0.108. The lowest BCUT2D eigenvalue weighted by Crippen LogP contribution is -2.32. The fourth-order valence-electron chi connectivity index (χ4n) is 0.675. The van der Waals surface area contributed by atoms with Gasteiger partial charge in [0, 0.05) is 6.54 Å². The maximum atomic E-state index is 10.9. The van der Waals surface area contributed by atoms with Crippen molar-refractivity contribution in [3.63, 3.8) is 0 Å². The van der Waals surface area contributed by atoms with Crippen LogP contribution in [-0.4, -0.2) is 37.5 Å². The van der Waals surface area contributed by atoms with Gasteiger partial charge in [-0.3, -0.25) is 4.90 Å². The van der Waals surface area contributed by atoms with Gasteiger partial charge in [-0.15, -0.1) is 0 Å². The van der Waals surface area contributed by atoms with Gasteiger partial charge in [0.2, 0.25) is 0 Å². The van der Waals surface area contributed by atoms with E-state index in [0.29, 0.717) is 12.8 Å². The van der Waals surface area contributed by atoms with Gasteiger partial charge in [0.15, 0.2) is 0 Å². The molecule has 0 aliphatic heterocycles. The monoisotopic (exact) mass is 171 g/mol. The number of amides is 1. The van der Waals surface area contributed by atoms with Gasteiger partial charge in [-0.2, -0.15) is 0 Å². The predicted octanol–water partition coefficient (Wildman–Crippen LogP) is 0.830. The summed E-state index contributed by atoms with van der Waals surface area (Å²) in [5.74, 6) is 0. The minimum Gasteiger partial charge on any atom is -0.453 e. The molecule has 0 aromatic heterocycles. The van der Waals surface area contributed by atoms with E-state index < -0.39 is 6.09 Å². The smallest absolute Gasteiger partial charge is 0.410 e. The molecular formula is C8H13NO3. The third-order valence-electron chi connectivity index (χ3n) is 1.29. The Morgan fingerprint density at radius 2 is 2.17 bits per heavy atom. The summed E-state index contributed by atoms with van der Waals surface area (Å²) >= 11 is 0. The molecule has 0 saturated carbocycles. The van der Waals surface area contributed by atoms with E-state index in [-0.39, 0.29) is 6.54 Å². The normalized spacial score (nSPS) is 9.83. The first kappa shape index (κ1) is 10.7. The fourth-order valence-corrected chi connectivity index (χ4v) is 0.675. The number of allylic oxidation sites excluding steroid dienone is 1. The van der Waals surface area contributed by atoms with Crippen LogP contribution in [0.5, 0.6) is 0 Å². The van der Waals surface area contributed by atoms with Gasteiger partial charge in [-0.1, -0.05) is 12.2 Å². The molecule has 0 rings (SSSR count). The van der Waals surface area contributed by atoms with Crippen LogP contribution in [0.15, 0.2) is 12.2 Å². The quantitative estimate of drug-likeness (QED) is 0.465. The van der Waals surface area contributed by atoms with Crippen molar-refractivity contribution in [2.75, 3.05) is 20.2 Å². The van der Waals surface area contributed by atoms with E-state index in [2.05, 4.69) is 4.74 Å². The molecule has 1 amide bonds. The molecule has 4 nitrogen and oxygen atoms in total. The van der Waals surface area contributed by atoms with Crippen molar-refractivity contribution in [3.8, 4) is 0 Å². The van der Waals surface area contributed by atoms with E-state index >= 15 is 0 Å². The first-order valence-electron chi connectivity index (χ1n) is 3.64. The molecule has 0 aliphatic carbocycles. The van der Waals surface area contributed by atoms with Crippen LogP contribution in [0.3, 0.4) is 0 Å². The summed E-state index contributed by atoms with van der Waals surface area (Å²) in [4.78, 5) is 22.3. The molecule has 0 radical (unpaired) electrons. The maximum Gasteiger partial charge on any atom is 0.410 e. The summed E-state index contributed by atoms with van der Waals surface area (Å²) in [6.45, 7) is 2.31. The number of methoxy groups -OCH3 is 1. The second-order valence-corrected chi connectivity index (χ2v) is 2.11. The highest BCUT2D eigenvalue weighted by Gasteiger charge is 2.09. The van der Waals surface area contributed by atoms with Crippen LogP contribution in [0.1, 0.15) is 6.92 Å². The van der Waals surface area contributed by atoms with E-state index in [0.717, 1.165) is 0 Å². The number of rotatable bonds is 4.